The van der Waals surface area contributed by atoms with E-state index in [1.165, 1.54) is 25.2 Å². The molecule has 2 aromatic carbocycles. The highest BCUT2D eigenvalue weighted by atomic mass is 16.6. The lowest BCUT2D eigenvalue weighted by atomic mass is 10.1. The number of nitrogens with one attached hydrogen (secondary N) is 1. The normalized spacial score (nSPS) is 10.6. The summed E-state index contributed by atoms with van der Waals surface area (Å²) >= 11 is 0. The van der Waals surface area contributed by atoms with Crippen LogP contribution in [0.25, 0.3) is 10.8 Å². The van der Waals surface area contributed by atoms with Gasteiger partial charge >= 0.3 is 5.97 Å². The van der Waals surface area contributed by atoms with Crippen LogP contribution in [0.3, 0.4) is 0 Å². The molecule has 1 N–H and O–H groups in total. The van der Waals surface area contributed by atoms with E-state index in [0.717, 1.165) is 4.68 Å². The summed E-state index contributed by atoms with van der Waals surface area (Å²) in [5, 5.41) is 17.9. The number of nitro benzene ring substituents is 1. The van der Waals surface area contributed by atoms with Crippen LogP contribution in [0.15, 0.2) is 47.3 Å². The Hall–Kier alpha value is -4.08. The van der Waals surface area contributed by atoms with Crippen LogP contribution >= 0.6 is 0 Å². The summed E-state index contributed by atoms with van der Waals surface area (Å²) in [5.74, 6) is -1.54. The first-order chi connectivity index (χ1) is 13.8. The molecule has 0 radical (unpaired) electrons. The molecule has 0 saturated carbocycles. The van der Waals surface area contributed by atoms with Crippen LogP contribution in [0.2, 0.25) is 0 Å². The van der Waals surface area contributed by atoms with Gasteiger partial charge in [-0.25, -0.2) is 9.48 Å². The highest BCUT2D eigenvalue weighted by molar-refractivity contribution is 6.03. The van der Waals surface area contributed by atoms with Crippen LogP contribution in [0.1, 0.15) is 16.1 Å². The van der Waals surface area contributed by atoms with Gasteiger partial charge in [-0.2, -0.15) is 5.10 Å². The zero-order chi connectivity index (χ0) is 21.1. The van der Waals surface area contributed by atoms with Gasteiger partial charge < -0.3 is 10.1 Å². The number of hydrogen-bond acceptors (Lipinski definition) is 7. The molecule has 0 saturated heterocycles. The number of fused-ring (bicyclic) bond motifs is 1. The maximum atomic E-state index is 12.4. The van der Waals surface area contributed by atoms with Crippen molar-refractivity contribution in [3.63, 3.8) is 0 Å². The maximum Gasteiger partial charge on any atom is 0.359 e. The minimum Gasteiger partial charge on any atom is -0.451 e. The number of ether oxygens (including phenoxy) is 1. The molecule has 0 fully saturated rings. The van der Waals surface area contributed by atoms with Crippen LogP contribution < -0.4 is 10.9 Å². The van der Waals surface area contributed by atoms with Gasteiger partial charge in [0.25, 0.3) is 17.2 Å². The molecule has 148 valence electrons. The number of nitro groups is 1. The summed E-state index contributed by atoms with van der Waals surface area (Å²) in [4.78, 5) is 47.0. The van der Waals surface area contributed by atoms with Gasteiger partial charge in [-0.3, -0.25) is 19.7 Å². The first-order valence-corrected chi connectivity index (χ1v) is 8.46. The fraction of sp³-hybridized carbons (Fsp3) is 0.158. The smallest absolute Gasteiger partial charge is 0.359 e. The Bertz CT molecular complexity index is 1200. The third kappa shape index (κ3) is 4.10. The van der Waals surface area contributed by atoms with Crippen LogP contribution in [-0.2, 0) is 16.6 Å². The molecule has 10 heteroatoms. The number of esters is 1. The lowest BCUT2D eigenvalue weighted by molar-refractivity contribution is -0.384. The third-order valence-electron chi connectivity index (χ3n) is 4.19. The van der Waals surface area contributed by atoms with Crippen molar-refractivity contribution in [1.29, 1.82) is 0 Å². The summed E-state index contributed by atoms with van der Waals surface area (Å²) in [6, 6.07) is 10.5. The lowest BCUT2D eigenvalue weighted by Crippen LogP contribution is -2.26. The number of amides is 1. The zero-order valence-electron chi connectivity index (χ0n) is 15.5. The summed E-state index contributed by atoms with van der Waals surface area (Å²) in [5.41, 5.74) is 0.216. The van der Waals surface area contributed by atoms with Gasteiger partial charge in [-0.1, -0.05) is 24.3 Å². The number of aromatic nitrogens is 2. The van der Waals surface area contributed by atoms with Gasteiger partial charge in [0.2, 0.25) is 0 Å². The molecule has 0 bridgehead atoms. The fourth-order valence-electron chi connectivity index (χ4n) is 2.69. The maximum absolute atomic E-state index is 12.4. The Morgan fingerprint density at radius 1 is 1.21 bits per heavy atom. The first kappa shape index (κ1) is 19.7. The number of carbonyl (C=O) groups excluding carboxylic acids is 2. The third-order valence-corrected chi connectivity index (χ3v) is 4.19. The van der Waals surface area contributed by atoms with Gasteiger partial charge in [0, 0.05) is 24.6 Å². The number of benzene rings is 2. The SMILES string of the molecule is Cc1ccc([N+](=O)[O-])cc1NC(=O)COC(=O)c1nn(C)c(=O)c2ccccc12. The monoisotopic (exact) mass is 396 g/mol. The largest absolute Gasteiger partial charge is 0.451 e. The second kappa shape index (κ2) is 7.89. The van der Waals surface area contributed by atoms with Crippen molar-refractivity contribution in [2.75, 3.05) is 11.9 Å². The topological polar surface area (TPSA) is 133 Å². The van der Waals surface area contributed by atoms with Gasteiger partial charge in [-0.15, -0.1) is 0 Å². The number of aryl methyl sites for hydroxylation is 2. The molecule has 0 unspecified atom stereocenters. The second-order valence-corrected chi connectivity index (χ2v) is 6.20. The number of anilines is 1. The summed E-state index contributed by atoms with van der Waals surface area (Å²) in [6.45, 7) is 1.05. The van der Waals surface area contributed by atoms with Crippen LogP contribution in [0.4, 0.5) is 11.4 Å². The molecular weight excluding hydrogens is 380 g/mol. The van der Waals surface area contributed by atoms with E-state index < -0.39 is 23.4 Å². The van der Waals surface area contributed by atoms with E-state index in [9.17, 15) is 24.5 Å². The van der Waals surface area contributed by atoms with E-state index in [-0.39, 0.29) is 22.6 Å². The lowest BCUT2D eigenvalue weighted by Gasteiger charge is -2.10. The van der Waals surface area contributed by atoms with Gasteiger partial charge in [0.15, 0.2) is 12.3 Å². The van der Waals surface area contributed by atoms with E-state index in [4.69, 9.17) is 4.74 Å². The highest BCUT2D eigenvalue weighted by Crippen LogP contribution is 2.21. The number of hydrogen-bond donors (Lipinski definition) is 1. The van der Waals surface area contributed by atoms with Gasteiger partial charge in [0.05, 0.1) is 16.0 Å². The standard InChI is InChI=1S/C19H16N4O6/c1-11-7-8-12(23(27)28)9-15(11)20-16(24)10-29-19(26)17-13-5-3-4-6-14(13)18(25)22(2)21-17/h3-9H,10H2,1-2H3,(H,20,24). The van der Waals surface area contributed by atoms with E-state index in [1.807, 2.05) is 0 Å². The number of carbonyl (C=O) groups is 2. The van der Waals surface area contributed by atoms with Gasteiger partial charge in [0.1, 0.15) is 0 Å². The Morgan fingerprint density at radius 2 is 1.90 bits per heavy atom. The summed E-state index contributed by atoms with van der Waals surface area (Å²) < 4.78 is 6.04. The van der Waals surface area contributed by atoms with E-state index in [2.05, 4.69) is 10.4 Å². The van der Waals surface area contributed by atoms with Crippen molar-refractivity contribution in [1.82, 2.24) is 9.78 Å². The molecule has 1 amide bonds. The van der Waals surface area contributed by atoms with Crippen molar-refractivity contribution in [3.05, 3.63) is 74.2 Å². The van der Waals surface area contributed by atoms with E-state index >= 15 is 0 Å². The molecule has 0 atom stereocenters. The second-order valence-electron chi connectivity index (χ2n) is 6.20. The number of nitrogens with zero attached hydrogens (tertiary/aromatic N) is 3. The minimum absolute atomic E-state index is 0.0953. The Morgan fingerprint density at radius 3 is 2.59 bits per heavy atom. The van der Waals surface area contributed by atoms with Crippen LogP contribution in [0.5, 0.6) is 0 Å². The fourth-order valence-corrected chi connectivity index (χ4v) is 2.69. The molecule has 29 heavy (non-hydrogen) atoms. The van der Waals surface area contributed by atoms with E-state index in [0.29, 0.717) is 16.3 Å². The molecule has 1 heterocycles. The molecule has 3 aromatic rings. The average molecular weight is 396 g/mol. The molecule has 0 spiro atoms. The minimum atomic E-state index is -0.872. The van der Waals surface area contributed by atoms with Crippen LogP contribution in [-0.4, -0.2) is 33.2 Å². The van der Waals surface area contributed by atoms with Crippen molar-refractivity contribution in [2.45, 2.75) is 6.92 Å². The number of non-ortho nitro benzene ring substituents is 1. The van der Waals surface area contributed by atoms with Crippen molar-refractivity contribution in [3.8, 4) is 0 Å². The Balaban J connectivity index is 1.75. The van der Waals surface area contributed by atoms with Gasteiger partial charge in [-0.05, 0) is 18.6 Å². The van der Waals surface area contributed by atoms with Crippen LogP contribution in [0, 0.1) is 17.0 Å². The predicted octanol–water partition coefficient (Wildman–Crippen LogP) is 1.95. The average Bonchev–Trinajstić information content (AvgIpc) is 2.70. The van der Waals surface area contributed by atoms with Crippen molar-refractivity contribution < 1.29 is 19.2 Å². The zero-order valence-corrected chi connectivity index (χ0v) is 15.5. The highest BCUT2D eigenvalue weighted by Gasteiger charge is 2.18. The molecule has 0 aliphatic rings. The van der Waals surface area contributed by atoms with Crippen molar-refractivity contribution in [2.24, 2.45) is 7.05 Å². The molecule has 10 nitrogen and oxygen atoms in total. The Labute approximate surface area is 163 Å². The number of rotatable bonds is 5. The summed E-state index contributed by atoms with van der Waals surface area (Å²) in [7, 11) is 1.41. The molecule has 0 aliphatic heterocycles. The first-order valence-electron chi connectivity index (χ1n) is 8.46. The molecule has 0 aliphatic carbocycles. The molecule has 3 rings (SSSR count). The quantitative estimate of drug-likeness (QED) is 0.396. The predicted molar refractivity (Wildman–Crippen MR) is 104 cm³/mol. The van der Waals surface area contributed by atoms with E-state index in [1.54, 1.807) is 31.2 Å². The Kier molecular flexibility index (Phi) is 5.35. The molecule has 1 aromatic heterocycles. The summed E-state index contributed by atoms with van der Waals surface area (Å²) in [6.07, 6.45) is 0. The van der Waals surface area contributed by atoms with Crippen molar-refractivity contribution >= 4 is 34.0 Å². The molecular formula is C19H16N4O6.